The van der Waals surface area contributed by atoms with Crippen LogP contribution in [-0.2, 0) is 13.6 Å². The van der Waals surface area contributed by atoms with Gasteiger partial charge in [0, 0.05) is 13.1 Å². The summed E-state index contributed by atoms with van der Waals surface area (Å²) in [4.78, 5) is 15.6. The van der Waals surface area contributed by atoms with Crippen molar-refractivity contribution >= 4 is 12.0 Å². The largest absolute Gasteiger partial charge is 0.361 e. The van der Waals surface area contributed by atoms with E-state index in [1.807, 2.05) is 0 Å². The number of aromatic nitrogens is 4. The van der Waals surface area contributed by atoms with Gasteiger partial charge in [-0.3, -0.25) is 10.00 Å². The molecule has 0 saturated carbocycles. The molecule has 18 heavy (non-hydrogen) atoms. The van der Waals surface area contributed by atoms with Crippen LogP contribution in [0.2, 0.25) is 0 Å². The third kappa shape index (κ3) is 2.84. The molecule has 8 nitrogen and oxygen atoms in total. The molecule has 0 radical (unpaired) electrons. The second-order valence-electron chi connectivity index (χ2n) is 3.84. The Hall–Kier alpha value is -2.38. The maximum Gasteiger partial charge on any atom is 0.321 e. The minimum atomic E-state index is -0.388. The summed E-state index contributed by atoms with van der Waals surface area (Å²) in [6.45, 7) is 3.88. The van der Waals surface area contributed by atoms with Crippen molar-refractivity contribution in [2.24, 2.45) is 7.05 Å². The molecule has 8 heteroatoms. The number of anilines is 1. The normalized spacial score (nSPS) is 10.4. The average molecular weight is 250 g/mol. The number of aryl methyl sites for hydroxylation is 3. The Labute approximate surface area is 103 Å². The number of nitrogens with zero attached hydrogens (tertiary/aromatic N) is 4. The van der Waals surface area contributed by atoms with Crippen LogP contribution >= 0.6 is 0 Å². The van der Waals surface area contributed by atoms with Gasteiger partial charge in [-0.15, -0.1) is 5.10 Å². The standard InChI is InChI=1S/C10H14N6O2/c1-6-4-8(15-18-6)5-11-10(17)13-9-12-7(2)16(3)14-9/h4H,5H2,1-3H3,(H2,11,13,14,17). The van der Waals surface area contributed by atoms with E-state index in [1.165, 1.54) is 0 Å². The van der Waals surface area contributed by atoms with E-state index in [-0.39, 0.29) is 18.5 Å². The highest BCUT2D eigenvalue weighted by atomic mass is 16.5. The van der Waals surface area contributed by atoms with Crippen LogP contribution in [-0.4, -0.2) is 26.0 Å². The van der Waals surface area contributed by atoms with Gasteiger partial charge in [0.2, 0.25) is 5.95 Å². The van der Waals surface area contributed by atoms with Crippen LogP contribution in [0.5, 0.6) is 0 Å². The van der Waals surface area contributed by atoms with Crippen molar-refractivity contribution in [1.29, 1.82) is 0 Å². The number of carbonyl (C=O) groups is 1. The monoisotopic (exact) mass is 250 g/mol. The zero-order valence-corrected chi connectivity index (χ0v) is 10.4. The molecular weight excluding hydrogens is 236 g/mol. The van der Waals surface area contributed by atoms with Crippen LogP contribution in [0.1, 0.15) is 17.3 Å². The fourth-order valence-electron chi connectivity index (χ4n) is 1.33. The first kappa shape index (κ1) is 12.1. The maximum atomic E-state index is 11.5. The molecule has 0 aromatic carbocycles. The maximum absolute atomic E-state index is 11.5. The van der Waals surface area contributed by atoms with Crippen molar-refractivity contribution in [3.8, 4) is 0 Å². The van der Waals surface area contributed by atoms with Crippen LogP contribution in [0, 0.1) is 13.8 Å². The van der Waals surface area contributed by atoms with E-state index in [0.717, 1.165) is 5.82 Å². The summed E-state index contributed by atoms with van der Waals surface area (Å²) in [7, 11) is 1.75. The lowest BCUT2D eigenvalue weighted by atomic mass is 10.4. The number of nitrogens with one attached hydrogen (secondary N) is 2. The fourth-order valence-corrected chi connectivity index (χ4v) is 1.33. The molecule has 2 N–H and O–H groups in total. The zero-order chi connectivity index (χ0) is 13.1. The van der Waals surface area contributed by atoms with Gasteiger partial charge in [0.1, 0.15) is 17.3 Å². The fraction of sp³-hybridized carbons (Fsp3) is 0.400. The minimum absolute atomic E-state index is 0.267. The van der Waals surface area contributed by atoms with Gasteiger partial charge in [0.15, 0.2) is 0 Å². The Balaban J connectivity index is 1.85. The highest BCUT2D eigenvalue weighted by Gasteiger charge is 2.08. The van der Waals surface area contributed by atoms with E-state index in [2.05, 4.69) is 25.9 Å². The van der Waals surface area contributed by atoms with Crippen molar-refractivity contribution in [2.75, 3.05) is 5.32 Å². The second-order valence-corrected chi connectivity index (χ2v) is 3.84. The molecule has 2 rings (SSSR count). The van der Waals surface area contributed by atoms with E-state index >= 15 is 0 Å². The lowest BCUT2D eigenvalue weighted by Gasteiger charge is -2.01. The molecule has 0 bridgehead atoms. The summed E-state index contributed by atoms with van der Waals surface area (Å²) in [5.74, 6) is 1.69. The summed E-state index contributed by atoms with van der Waals surface area (Å²) in [5, 5.41) is 12.9. The molecule has 0 aliphatic heterocycles. The first-order chi connectivity index (χ1) is 8.54. The Morgan fingerprint density at radius 1 is 1.50 bits per heavy atom. The van der Waals surface area contributed by atoms with Crippen LogP contribution in [0.3, 0.4) is 0 Å². The van der Waals surface area contributed by atoms with Gasteiger partial charge in [-0.2, -0.15) is 4.98 Å². The van der Waals surface area contributed by atoms with Crippen molar-refractivity contribution in [1.82, 2.24) is 25.2 Å². The third-order valence-corrected chi connectivity index (χ3v) is 2.31. The molecule has 0 aliphatic carbocycles. The van der Waals surface area contributed by atoms with E-state index in [0.29, 0.717) is 11.5 Å². The first-order valence-electron chi connectivity index (χ1n) is 5.39. The first-order valence-corrected chi connectivity index (χ1v) is 5.39. The number of hydrogen-bond donors (Lipinski definition) is 2. The summed E-state index contributed by atoms with van der Waals surface area (Å²) in [6, 6.07) is 1.37. The predicted molar refractivity (Wildman–Crippen MR) is 62.8 cm³/mol. The van der Waals surface area contributed by atoms with Crippen molar-refractivity contribution in [2.45, 2.75) is 20.4 Å². The highest BCUT2D eigenvalue weighted by Crippen LogP contribution is 2.02. The molecule has 0 atom stereocenters. The van der Waals surface area contributed by atoms with E-state index in [1.54, 1.807) is 31.6 Å². The molecule has 96 valence electrons. The number of urea groups is 1. The molecule has 2 aromatic heterocycles. The second kappa shape index (κ2) is 4.86. The zero-order valence-electron chi connectivity index (χ0n) is 10.4. The molecular formula is C10H14N6O2. The smallest absolute Gasteiger partial charge is 0.321 e. The van der Waals surface area contributed by atoms with Gasteiger partial charge >= 0.3 is 6.03 Å². The van der Waals surface area contributed by atoms with Crippen LogP contribution in [0.15, 0.2) is 10.6 Å². The molecule has 0 spiro atoms. The predicted octanol–water partition coefficient (Wildman–Crippen LogP) is 0.742. The van der Waals surface area contributed by atoms with Gasteiger partial charge in [-0.05, 0) is 13.8 Å². The Morgan fingerprint density at radius 2 is 2.28 bits per heavy atom. The van der Waals surface area contributed by atoms with E-state index < -0.39 is 0 Å². The number of amides is 2. The van der Waals surface area contributed by atoms with Gasteiger partial charge in [-0.25, -0.2) is 4.79 Å². The summed E-state index contributed by atoms with van der Waals surface area (Å²) in [6.07, 6.45) is 0. The number of rotatable bonds is 3. The molecule has 0 aliphatic rings. The summed E-state index contributed by atoms with van der Waals surface area (Å²) < 4.78 is 6.46. The van der Waals surface area contributed by atoms with Gasteiger partial charge < -0.3 is 9.84 Å². The topological polar surface area (TPSA) is 97.9 Å². The van der Waals surface area contributed by atoms with Crippen LogP contribution in [0.4, 0.5) is 10.7 Å². The van der Waals surface area contributed by atoms with Crippen LogP contribution < -0.4 is 10.6 Å². The SMILES string of the molecule is Cc1cc(CNC(=O)Nc2nc(C)n(C)n2)no1. The Kier molecular flexibility index (Phi) is 3.26. The number of carbonyl (C=O) groups excluding carboxylic acids is 1. The molecule has 0 saturated heterocycles. The Morgan fingerprint density at radius 3 is 2.83 bits per heavy atom. The highest BCUT2D eigenvalue weighted by molar-refractivity contribution is 5.87. The quantitative estimate of drug-likeness (QED) is 0.837. The lowest BCUT2D eigenvalue weighted by Crippen LogP contribution is -2.28. The molecule has 2 amide bonds. The van der Waals surface area contributed by atoms with Crippen LogP contribution in [0.25, 0.3) is 0 Å². The van der Waals surface area contributed by atoms with E-state index in [9.17, 15) is 4.79 Å². The Bertz CT molecular complexity index is 539. The summed E-state index contributed by atoms with van der Waals surface area (Å²) in [5.41, 5.74) is 0.660. The van der Waals surface area contributed by atoms with Gasteiger partial charge in [0.25, 0.3) is 0 Å². The minimum Gasteiger partial charge on any atom is -0.361 e. The summed E-state index contributed by atoms with van der Waals surface area (Å²) >= 11 is 0. The molecule has 0 unspecified atom stereocenters. The average Bonchev–Trinajstić information content (AvgIpc) is 2.84. The van der Waals surface area contributed by atoms with Crippen molar-refractivity contribution in [3.05, 3.63) is 23.3 Å². The van der Waals surface area contributed by atoms with E-state index in [4.69, 9.17) is 4.52 Å². The molecule has 2 heterocycles. The number of hydrogen-bond acceptors (Lipinski definition) is 5. The van der Waals surface area contributed by atoms with Gasteiger partial charge in [-0.1, -0.05) is 5.16 Å². The lowest BCUT2D eigenvalue weighted by molar-refractivity contribution is 0.251. The van der Waals surface area contributed by atoms with Crippen molar-refractivity contribution < 1.29 is 9.32 Å². The van der Waals surface area contributed by atoms with Gasteiger partial charge in [0.05, 0.1) is 6.54 Å². The third-order valence-electron chi connectivity index (χ3n) is 2.31. The molecule has 2 aromatic rings. The molecule has 0 fully saturated rings. The van der Waals surface area contributed by atoms with Crippen molar-refractivity contribution in [3.63, 3.8) is 0 Å².